The molecule has 0 aliphatic rings. The van der Waals surface area contributed by atoms with E-state index in [-0.39, 0.29) is 47.5 Å². The van der Waals surface area contributed by atoms with Crippen LogP contribution in [0.25, 0.3) is 0 Å². The first-order chi connectivity index (χ1) is 25.3. The number of hydrogen-bond donors (Lipinski definition) is 7. The number of anilines is 5. The van der Waals surface area contributed by atoms with Crippen LogP contribution in [0.15, 0.2) is 103 Å². The SMILES string of the molecule is O=C(O)c1ccc(CNC(=O)c2ccc(Nc3nc(NCCOCCOCCNC(=O)c4ccccc4)nc(Nc4ccc(O)cc4)n3)cc2)cc1. The number of aromatic hydroxyl groups is 1. The van der Waals surface area contributed by atoms with Gasteiger partial charge >= 0.3 is 5.97 Å². The average Bonchev–Trinajstić information content (AvgIpc) is 3.16. The first kappa shape index (κ1) is 36.7. The number of phenolic OH excluding ortho intramolecular Hbond substituents is 1. The second-order valence-electron chi connectivity index (χ2n) is 11.1. The van der Waals surface area contributed by atoms with Crippen molar-refractivity contribution in [2.45, 2.75) is 6.54 Å². The van der Waals surface area contributed by atoms with Crippen molar-refractivity contribution in [3.63, 3.8) is 0 Å². The van der Waals surface area contributed by atoms with Crippen LogP contribution in [0.4, 0.5) is 29.2 Å². The third-order valence-electron chi connectivity index (χ3n) is 7.29. The second-order valence-corrected chi connectivity index (χ2v) is 11.1. The molecule has 0 aliphatic carbocycles. The molecule has 0 atom stereocenters. The van der Waals surface area contributed by atoms with Crippen LogP contribution in [-0.4, -0.2) is 82.5 Å². The standard InChI is InChI=1S/C37H38N8O7/c46-31-16-14-30(15-17-31)42-37-44-35(39-19-21-52-23-22-51-20-18-38-32(47)26-4-2-1-3-5-26)43-36(45-37)41-29-12-10-27(11-13-29)33(48)40-24-25-6-8-28(9-7-25)34(49)50/h1-17,46H,18-24H2,(H,38,47)(H,40,48)(H,49,50)(H3,39,41,42,43,44,45). The van der Waals surface area contributed by atoms with E-state index in [9.17, 15) is 19.5 Å². The van der Waals surface area contributed by atoms with Crippen molar-refractivity contribution in [3.8, 4) is 5.75 Å². The molecule has 15 heteroatoms. The summed E-state index contributed by atoms with van der Waals surface area (Å²) in [4.78, 5) is 49.2. The van der Waals surface area contributed by atoms with Crippen LogP contribution in [0.3, 0.4) is 0 Å². The first-order valence-electron chi connectivity index (χ1n) is 16.3. The van der Waals surface area contributed by atoms with Crippen molar-refractivity contribution in [1.82, 2.24) is 25.6 Å². The number of rotatable bonds is 19. The summed E-state index contributed by atoms with van der Waals surface area (Å²) in [5.41, 5.74) is 3.25. The molecular formula is C37H38N8O7. The van der Waals surface area contributed by atoms with Crippen LogP contribution in [0.5, 0.6) is 5.75 Å². The Kier molecular flexibility index (Phi) is 13.4. The van der Waals surface area contributed by atoms with Crippen molar-refractivity contribution in [2.75, 3.05) is 55.5 Å². The van der Waals surface area contributed by atoms with Gasteiger partial charge in [-0.3, -0.25) is 9.59 Å². The number of aromatic nitrogens is 3. The highest BCUT2D eigenvalue weighted by Gasteiger charge is 2.11. The van der Waals surface area contributed by atoms with Gasteiger partial charge in [0.15, 0.2) is 0 Å². The molecule has 15 nitrogen and oxygen atoms in total. The maximum Gasteiger partial charge on any atom is 0.335 e. The quantitative estimate of drug-likeness (QED) is 0.0464. The van der Waals surface area contributed by atoms with Crippen LogP contribution in [0.1, 0.15) is 36.6 Å². The highest BCUT2D eigenvalue weighted by molar-refractivity contribution is 5.95. The van der Waals surface area contributed by atoms with Gasteiger partial charge in [-0.2, -0.15) is 15.0 Å². The Hall–Kier alpha value is -6.58. The molecule has 0 fully saturated rings. The lowest BCUT2D eigenvalue weighted by Crippen LogP contribution is -2.27. The Morgan fingerprint density at radius 2 is 1.08 bits per heavy atom. The van der Waals surface area contributed by atoms with E-state index in [0.29, 0.717) is 62.0 Å². The molecule has 0 unspecified atom stereocenters. The van der Waals surface area contributed by atoms with Crippen molar-refractivity contribution < 1.29 is 34.1 Å². The molecule has 5 aromatic rings. The Morgan fingerprint density at radius 3 is 1.69 bits per heavy atom. The number of nitrogens with zero attached hydrogens (tertiary/aromatic N) is 3. The number of nitrogens with one attached hydrogen (secondary N) is 5. The molecule has 0 saturated carbocycles. The fraction of sp³-hybridized carbons (Fsp3) is 0.189. The summed E-state index contributed by atoms with van der Waals surface area (Å²) >= 11 is 0. The van der Waals surface area contributed by atoms with Crippen LogP contribution in [0.2, 0.25) is 0 Å². The maximum atomic E-state index is 12.7. The van der Waals surface area contributed by atoms with Gasteiger partial charge in [-0.05, 0) is 78.4 Å². The Balaban J connectivity index is 1.09. The molecule has 0 radical (unpaired) electrons. The minimum absolute atomic E-state index is 0.123. The number of benzene rings is 4. The van der Waals surface area contributed by atoms with E-state index >= 15 is 0 Å². The van der Waals surface area contributed by atoms with E-state index < -0.39 is 5.97 Å². The molecule has 52 heavy (non-hydrogen) atoms. The minimum Gasteiger partial charge on any atom is -0.508 e. The number of phenols is 1. The topological polar surface area (TPSA) is 209 Å². The Morgan fingerprint density at radius 1 is 0.558 bits per heavy atom. The number of aromatic carboxylic acids is 1. The predicted octanol–water partition coefficient (Wildman–Crippen LogP) is 4.57. The summed E-state index contributed by atoms with van der Waals surface area (Å²) in [5, 5.41) is 33.7. The summed E-state index contributed by atoms with van der Waals surface area (Å²) < 4.78 is 11.2. The highest BCUT2D eigenvalue weighted by atomic mass is 16.5. The summed E-state index contributed by atoms with van der Waals surface area (Å²) in [5.74, 6) is -0.576. The number of carbonyl (C=O) groups excluding carboxylic acids is 2. The zero-order valence-electron chi connectivity index (χ0n) is 28.0. The highest BCUT2D eigenvalue weighted by Crippen LogP contribution is 2.21. The Bertz CT molecular complexity index is 1910. The molecule has 0 spiro atoms. The molecule has 268 valence electrons. The molecule has 1 heterocycles. The lowest BCUT2D eigenvalue weighted by molar-refractivity contribution is 0.0519. The number of ether oxygens (including phenoxy) is 2. The fourth-order valence-electron chi connectivity index (χ4n) is 4.61. The second kappa shape index (κ2) is 19.0. The third kappa shape index (κ3) is 11.8. The van der Waals surface area contributed by atoms with E-state index in [1.54, 1.807) is 60.7 Å². The number of carbonyl (C=O) groups is 3. The molecule has 0 saturated heterocycles. The molecule has 0 aliphatic heterocycles. The smallest absolute Gasteiger partial charge is 0.335 e. The van der Waals surface area contributed by atoms with Gasteiger partial charge in [-0.25, -0.2) is 4.79 Å². The Labute approximate surface area is 299 Å². The lowest BCUT2D eigenvalue weighted by atomic mass is 10.1. The first-order valence-corrected chi connectivity index (χ1v) is 16.3. The van der Waals surface area contributed by atoms with Gasteiger partial charge in [-0.1, -0.05) is 30.3 Å². The van der Waals surface area contributed by atoms with Crippen molar-refractivity contribution in [1.29, 1.82) is 0 Å². The zero-order chi connectivity index (χ0) is 36.5. The predicted molar refractivity (Wildman–Crippen MR) is 194 cm³/mol. The van der Waals surface area contributed by atoms with E-state index in [0.717, 1.165) is 5.56 Å². The third-order valence-corrected chi connectivity index (χ3v) is 7.29. The van der Waals surface area contributed by atoms with Gasteiger partial charge in [0.2, 0.25) is 17.8 Å². The normalized spacial score (nSPS) is 10.6. The summed E-state index contributed by atoms with van der Waals surface area (Å²) in [6.07, 6.45) is 0. The van der Waals surface area contributed by atoms with Crippen molar-refractivity contribution in [2.24, 2.45) is 0 Å². The van der Waals surface area contributed by atoms with E-state index in [1.165, 1.54) is 24.3 Å². The monoisotopic (exact) mass is 706 g/mol. The lowest BCUT2D eigenvalue weighted by Gasteiger charge is -2.12. The van der Waals surface area contributed by atoms with Gasteiger partial charge in [0.25, 0.3) is 11.8 Å². The minimum atomic E-state index is -1.01. The molecule has 2 amide bonds. The van der Waals surface area contributed by atoms with E-state index in [2.05, 4.69) is 41.5 Å². The molecule has 5 rings (SSSR count). The summed E-state index contributed by atoms with van der Waals surface area (Å²) in [7, 11) is 0. The number of carboxylic acids is 1. The number of carboxylic acid groups (broad SMARTS) is 1. The van der Waals surface area contributed by atoms with Gasteiger partial charge in [0, 0.05) is 42.1 Å². The molecular weight excluding hydrogens is 668 g/mol. The largest absolute Gasteiger partial charge is 0.508 e. The van der Waals surface area contributed by atoms with Gasteiger partial charge in [0.1, 0.15) is 5.75 Å². The number of amides is 2. The maximum absolute atomic E-state index is 12.7. The molecule has 1 aromatic heterocycles. The molecule has 0 bridgehead atoms. The van der Waals surface area contributed by atoms with E-state index in [4.69, 9.17) is 14.6 Å². The summed E-state index contributed by atoms with van der Waals surface area (Å²) in [6.45, 7) is 2.46. The summed E-state index contributed by atoms with van der Waals surface area (Å²) in [6, 6.07) is 28.4. The zero-order valence-corrected chi connectivity index (χ0v) is 28.0. The average molecular weight is 707 g/mol. The van der Waals surface area contributed by atoms with Crippen LogP contribution in [0, 0.1) is 0 Å². The number of hydrogen-bond acceptors (Lipinski definition) is 12. The van der Waals surface area contributed by atoms with Gasteiger partial charge in [0.05, 0.1) is 32.0 Å². The molecule has 7 N–H and O–H groups in total. The molecule has 4 aromatic carbocycles. The van der Waals surface area contributed by atoms with Crippen molar-refractivity contribution in [3.05, 3.63) is 125 Å². The van der Waals surface area contributed by atoms with E-state index in [1.807, 2.05) is 18.2 Å². The van der Waals surface area contributed by atoms with Gasteiger partial charge in [-0.15, -0.1) is 0 Å². The van der Waals surface area contributed by atoms with Crippen molar-refractivity contribution >= 4 is 47.0 Å². The van der Waals surface area contributed by atoms with Crippen LogP contribution in [-0.2, 0) is 16.0 Å². The fourth-order valence-corrected chi connectivity index (χ4v) is 4.61. The van der Waals surface area contributed by atoms with Crippen LogP contribution >= 0.6 is 0 Å². The van der Waals surface area contributed by atoms with Crippen LogP contribution < -0.4 is 26.6 Å². The van der Waals surface area contributed by atoms with Gasteiger partial charge < -0.3 is 46.3 Å².